The summed E-state index contributed by atoms with van der Waals surface area (Å²) < 4.78 is 5.12. The molecule has 0 amide bonds. The van der Waals surface area contributed by atoms with Crippen molar-refractivity contribution >= 4 is 12.6 Å². The highest BCUT2D eigenvalue weighted by Gasteiger charge is 2.18. The summed E-state index contributed by atoms with van der Waals surface area (Å²) >= 11 is 0. The Balaban J connectivity index is 3.17. The SMILES string of the molecule is C=CCc1cccc(B(O)O)c1OC. The van der Waals surface area contributed by atoms with E-state index in [4.69, 9.17) is 14.8 Å². The van der Waals surface area contributed by atoms with Gasteiger partial charge in [0.05, 0.1) is 7.11 Å². The number of benzene rings is 1. The Morgan fingerprint density at radius 2 is 2.21 bits per heavy atom. The van der Waals surface area contributed by atoms with Crippen molar-refractivity contribution in [1.29, 1.82) is 0 Å². The van der Waals surface area contributed by atoms with Gasteiger partial charge in [0.1, 0.15) is 5.75 Å². The summed E-state index contributed by atoms with van der Waals surface area (Å²) in [5.41, 5.74) is 1.28. The molecule has 2 N–H and O–H groups in total. The third kappa shape index (κ3) is 2.16. The second-order valence-electron chi connectivity index (χ2n) is 2.91. The van der Waals surface area contributed by atoms with Crippen molar-refractivity contribution in [2.24, 2.45) is 0 Å². The Labute approximate surface area is 83.8 Å². The zero-order valence-electron chi connectivity index (χ0n) is 8.10. The standard InChI is InChI=1S/C10H13BO3/c1-3-5-8-6-4-7-9(11(12)13)10(8)14-2/h3-4,6-7,12-13H,1,5H2,2H3. The fraction of sp³-hybridized carbons (Fsp3) is 0.200. The van der Waals surface area contributed by atoms with Crippen LogP contribution in [0.1, 0.15) is 5.56 Å². The molecule has 1 aromatic carbocycles. The molecule has 74 valence electrons. The molecule has 1 rings (SSSR count). The van der Waals surface area contributed by atoms with Gasteiger partial charge in [-0.2, -0.15) is 0 Å². The zero-order chi connectivity index (χ0) is 10.6. The van der Waals surface area contributed by atoms with Gasteiger partial charge in [0.15, 0.2) is 0 Å². The van der Waals surface area contributed by atoms with Gasteiger partial charge >= 0.3 is 7.12 Å². The first kappa shape index (κ1) is 10.8. The van der Waals surface area contributed by atoms with Crippen molar-refractivity contribution in [2.75, 3.05) is 7.11 Å². The highest BCUT2D eigenvalue weighted by atomic mass is 16.5. The van der Waals surface area contributed by atoms with E-state index >= 15 is 0 Å². The minimum atomic E-state index is -1.50. The molecule has 0 aliphatic carbocycles. The van der Waals surface area contributed by atoms with E-state index in [1.54, 1.807) is 18.2 Å². The van der Waals surface area contributed by atoms with Crippen molar-refractivity contribution in [3.05, 3.63) is 36.4 Å². The highest BCUT2D eigenvalue weighted by molar-refractivity contribution is 6.59. The summed E-state index contributed by atoms with van der Waals surface area (Å²) in [4.78, 5) is 0. The molecule has 0 aromatic heterocycles. The lowest BCUT2D eigenvalue weighted by Gasteiger charge is -2.11. The first-order valence-corrected chi connectivity index (χ1v) is 4.33. The van der Waals surface area contributed by atoms with E-state index in [9.17, 15) is 0 Å². The number of para-hydroxylation sites is 1. The fourth-order valence-electron chi connectivity index (χ4n) is 1.37. The molecule has 0 bridgehead atoms. The molecule has 0 radical (unpaired) electrons. The van der Waals surface area contributed by atoms with Crippen LogP contribution in [0, 0.1) is 0 Å². The molecular weight excluding hydrogens is 179 g/mol. The van der Waals surface area contributed by atoms with Gasteiger partial charge in [-0.25, -0.2) is 0 Å². The summed E-state index contributed by atoms with van der Waals surface area (Å²) in [6.45, 7) is 3.63. The maximum Gasteiger partial charge on any atom is 0.492 e. The van der Waals surface area contributed by atoms with Gasteiger partial charge in [-0.15, -0.1) is 6.58 Å². The number of hydrogen-bond donors (Lipinski definition) is 2. The van der Waals surface area contributed by atoms with Gasteiger partial charge < -0.3 is 14.8 Å². The number of ether oxygens (including phenoxy) is 1. The van der Waals surface area contributed by atoms with Gasteiger partial charge in [0, 0.05) is 5.46 Å². The largest absolute Gasteiger partial charge is 0.497 e. The van der Waals surface area contributed by atoms with Gasteiger partial charge in [0.2, 0.25) is 0 Å². The number of rotatable bonds is 4. The van der Waals surface area contributed by atoms with Gasteiger partial charge in [0.25, 0.3) is 0 Å². The van der Waals surface area contributed by atoms with E-state index < -0.39 is 7.12 Å². The Morgan fingerprint density at radius 3 is 2.71 bits per heavy atom. The van der Waals surface area contributed by atoms with E-state index in [1.165, 1.54) is 7.11 Å². The molecule has 0 saturated carbocycles. The van der Waals surface area contributed by atoms with Crippen molar-refractivity contribution in [2.45, 2.75) is 6.42 Å². The molecule has 0 aliphatic rings. The molecular formula is C10H13BO3. The Bertz CT molecular complexity index is 323. The number of methoxy groups -OCH3 is 1. The van der Waals surface area contributed by atoms with Gasteiger partial charge in [-0.1, -0.05) is 24.3 Å². The van der Waals surface area contributed by atoms with Crippen LogP contribution in [0.25, 0.3) is 0 Å². The molecule has 0 aliphatic heterocycles. The molecule has 0 atom stereocenters. The van der Waals surface area contributed by atoms with Crippen LogP contribution in [0.3, 0.4) is 0 Å². The molecule has 4 heteroatoms. The molecule has 0 heterocycles. The highest BCUT2D eigenvalue weighted by Crippen LogP contribution is 2.16. The zero-order valence-corrected chi connectivity index (χ0v) is 8.10. The lowest BCUT2D eigenvalue weighted by molar-refractivity contribution is 0.400. The third-order valence-corrected chi connectivity index (χ3v) is 1.97. The Morgan fingerprint density at radius 1 is 1.50 bits per heavy atom. The molecule has 14 heavy (non-hydrogen) atoms. The van der Waals surface area contributed by atoms with Crippen molar-refractivity contribution in [3.63, 3.8) is 0 Å². The van der Waals surface area contributed by atoms with Crippen LogP contribution >= 0.6 is 0 Å². The summed E-state index contributed by atoms with van der Waals surface area (Å²) in [6, 6.07) is 5.25. The van der Waals surface area contributed by atoms with Crippen LogP contribution in [-0.2, 0) is 6.42 Å². The van der Waals surface area contributed by atoms with Crippen LogP contribution in [0.15, 0.2) is 30.9 Å². The third-order valence-electron chi connectivity index (χ3n) is 1.97. The molecule has 0 unspecified atom stereocenters. The summed E-state index contributed by atoms with van der Waals surface area (Å²) in [6.07, 6.45) is 2.38. The lowest BCUT2D eigenvalue weighted by atomic mass is 9.78. The van der Waals surface area contributed by atoms with Crippen LogP contribution in [-0.4, -0.2) is 24.3 Å². The lowest BCUT2D eigenvalue weighted by Crippen LogP contribution is -2.31. The predicted octanol–water partition coefficient (Wildman–Crippen LogP) is 0.103. The quantitative estimate of drug-likeness (QED) is 0.525. The normalized spacial score (nSPS) is 9.64. The summed E-state index contributed by atoms with van der Waals surface area (Å²) in [5, 5.41) is 18.2. The van der Waals surface area contributed by atoms with E-state index in [0.717, 1.165) is 5.56 Å². The topological polar surface area (TPSA) is 49.7 Å². The van der Waals surface area contributed by atoms with E-state index in [1.807, 2.05) is 6.07 Å². The van der Waals surface area contributed by atoms with Crippen LogP contribution in [0.4, 0.5) is 0 Å². The van der Waals surface area contributed by atoms with Gasteiger partial charge in [-0.3, -0.25) is 0 Å². The first-order chi connectivity index (χ1) is 6.70. The molecule has 0 fully saturated rings. The number of hydrogen-bond acceptors (Lipinski definition) is 3. The second-order valence-corrected chi connectivity index (χ2v) is 2.91. The smallest absolute Gasteiger partial charge is 0.492 e. The first-order valence-electron chi connectivity index (χ1n) is 4.33. The van der Waals surface area contributed by atoms with Crippen molar-refractivity contribution < 1.29 is 14.8 Å². The van der Waals surface area contributed by atoms with E-state index in [-0.39, 0.29) is 0 Å². The second kappa shape index (κ2) is 4.84. The minimum Gasteiger partial charge on any atom is -0.497 e. The van der Waals surface area contributed by atoms with Crippen molar-refractivity contribution in [3.8, 4) is 5.75 Å². The number of allylic oxidation sites excluding steroid dienone is 1. The van der Waals surface area contributed by atoms with E-state index in [0.29, 0.717) is 17.6 Å². The molecule has 1 aromatic rings. The summed E-state index contributed by atoms with van der Waals surface area (Å²) in [7, 11) is 0.00285. The van der Waals surface area contributed by atoms with E-state index in [2.05, 4.69) is 6.58 Å². The average molecular weight is 192 g/mol. The fourth-order valence-corrected chi connectivity index (χ4v) is 1.37. The van der Waals surface area contributed by atoms with Crippen LogP contribution in [0.5, 0.6) is 5.75 Å². The monoisotopic (exact) mass is 192 g/mol. The van der Waals surface area contributed by atoms with Crippen molar-refractivity contribution in [1.82, 2.24) is 0 Å². The average Bonchev–Trinajstić information content (AvgIpc) is 2.18. The molecule has 0 saturated heterocycles. The molecule has 0 spiro atoms. The van der Waals surface area contributed by atoms with Crippen LogP contribution < -0.4 is 10.2 Å². The van der Waals surface area contributed by atoms with Gasteiger partial charge in [-0.05, 0) is 12.0 Å². The van der Waals surface area contributed by atoms with Crippen LogP contribution in [0.2, 0.25) is 0 Å². The minimum absolute atomic E-state index is 0.381. The summed E-state index contributed by atoms with van der Waals surface area (Å²) in [5.74, 6) is 0.516. The Kier molecular flexibility index (Phi) is 3.74. The predicted molar refractivity (Wildman–Crippen MR) is 56.7 cm³/mol. The Hall–Kier alpha value is -1.26. The maximum absolute atomic E-state index is 9.08. The maximum atomic E-state index is 9.08. The molecule has 3 nitrogen and oxygen atoms in total.